The summed E-state index contributed by atoms with van der Waals surface area (Å²) in [4.78, 5) is 13.9. The monoisotopic (exact) mass is 379 g/mol. The third-order valence-electron chi connectivity index (χ3n) is 4.09. The van der Waals surface area contributed by atoms with E-state index in [2.05, 4.69) is 5.32 Å². The second kappa shape index (κ2) is 9.14. The Bertz CT molecular complexity index is 885. The van der Waals surface area contributed by atoms with Crippen LogP contribution in [0.5, 0.6) is 11.5 Å². The van der Waals surface area contributed by atoms with Gasteiger partial charge in [0, 0.05) is 11.4 Å². The molecule has 4 nitrogen and oxygen atoms in total. The average Bonchev–Trinajstić information content (AvgIpc) is 2.70. The van der Waals surface area contributed by atoms with Crippen molar-refractivity contribution >= 4 is 17.7 Å². The molecule has 0 aliphatic carbocycles. The fourth-order valence-electron chi connectivity index (χ4n) is 2.68. The summed E-state index contributed by atoms with van der Waals surface area (Å²) in [5.41, 5.74) is 1.80. The van der Waals surface area contributed by atoms with Gasteiger partial charge in [-0.3, -0.25) is 4.79 Å². The Morgan fingerprint density at radius 1 is 0.889 bits per heavy atom. The van der Waals surface area contributed by atoms with E-state index in [4.69, 9.17) is 0 Å². The van der Waals surface area contributed by atoms with Crippen molar-refractivity contribution in [2.75, 3.05) is 6.54 Å². The van der Waals surface area contributed by atoms with Crippen LogP contribution >= 0.6 is 11.8 Å². The molecule has 0 radical (unpaired) electrons. The molecule has 0 spiro atoms. The predicted octanol–water partition coefficient (Wildman–Crippen LogP) is 4.29. The third kappa shape index (κ3) is 5.28. The van der Waals surface area contributed by atoms with E-state index in [1.54, 1.807) is 6.07 Å². The number of phenolic OH excluding ortho intramolecular Hbond substituents is 2. The third-order valence-corrected chi connectivity index (χ3v) is 5.36. The molecule has 1 atom stereocenters. The Morgan fingerprint density at radius 2 is 1.56 bits per heavy atom. The first kappa shape index (κ1) is 18.9. The number of carbonyl (C=O) groups is 1. The first-order chi connectivity index (χ1) is 13.1. The second-order valence-corrected chi connectivity index (χ2v) is 7.26. The number of hydrogen-bond donors (Lipinski definition) is 3. The van der Waals surface area contributed by atoms with Crippen molar-refractivity contribution in [2.45, 2.75) is 16.6 Å². The van der Waals surface area contributed by atoms with Crippen LogP contribution in [0, 0.1) is 0 Å². The van der Waals surface area contributed by atoms with Crippen LogP contribution in [0.15, 0.2) is 83.8 Å². The lowest BCUT2D eigenvalue weighted by Crippen LogP contribution is -2.29. The highest BCUT2D eigenvalue weighted by Gasteiger charge is 2.21. The summed E-state index contributed by atoms with van der Waals surface area (Å²) in [6, 6.07) is 24.3. The molecule has 0 saturated carbocycles. The van der Waals surface area contributed by atoms with Crippen molar-refractivity contribution in [3.05, 3.63) is 90.0 Å². The zero-order valence-electron chi connectivity index (χ0n) is 14.7. The number of amides is 1. The summed E-state index contributed by atoms with van der Waals surface area (Å²) in [5, 5.41) is 21.6. The van der Waals surface area contributed by atoms with E-state index in [1.807, 2.05) is 60.7 Å². The highest BCUT2D eigenvalue weighted by Crippen LogP contribution is 2.35. The fraction of sp³-hybridized carbons (Fsp3) is 0.136. The van der Waals surface area contributed by atoms with Gasteiger partial charge in [-0.1, -0.05) is 54.6 Å². The van der Waals surface area contributed by atoms with Crippen LogP contribution in [0.25, 0.3) is 0 Å². The molecule has 3 aromatic carbocycles. The van der Waals surface area contributed by atoms with Crippen molar-refractivity contribution in [1.82, 2.24) is 5.32 Å². The maximum Gasteiger partial charge on any atom is 0.238 e. The summed E-state index contributed by atoms with van der Waals surface area (Å²) in [5.74, 6) is -0.357. The molecular formula is C22H21NO3S. The van der Waals surface area contributed by atoms with Crippen LogP contribution in [0.2, 0.25) is 0 Å². The van der Waals surface area contributed by atoms with E-state index in [1.165, 1.54) is 23.9 Å². The van der Waals surface area contributed by atoms with Crippen LogP contribution in [-0.2, 0) is 11.2 Å². The summed E-state index contributed by atoms with van der Waals surface area (Å²) in [6.45, 7) is 0.446. The molecule has 0 heterocycles. The highest BCUT2D eigenvalue weighted by molar-refractivity contribution is 8.00. The molecule has 3 rings (SSSR count). The van der Waals surface area contributed by atoms with E-state index >= 15 is 0 Å². The number of phenols is 2. The van der Waals surface area contributed by atoms with Gasteiger partial charge in [0.2, 0.25) is 5.91 Å². The minimum Gasteiger partial charge on any atom is -0.504 e. The van der Waals surface area contributed by atoms with Crippen LogP contribution in [-0.4, -0.2) is 22.7 Å². The number of aromatic hydroxyl groups is 2. The van der Waals surface area contributed by atoms with Gasteiger partial charge >= 0.3 is 0 Å². The highest BCUT2D eigenvalue weighted by atomic mass is 32.2. The van der Waals surface area contributed by atoms with Crippen LogP contribution < -0.4 is 5.32 Å². The van der Waals surface area contributed by atoms with Crippen molar-refractivity contribution in [2.24, 2.45) is 0 Å². The van der Waals surface area contributed by atoms with Crippen molar-refractivity contribution in [3.63, 3.8) is 0 Å². The zero-order valence-corrected chi connectivity index (χ0v) is 15.5. The second-order valence-electron chi connectivity index (χ2n) is 6.09. The van der Waals surface area contributed by atoms with Crippen LogP contribution in [0.4, 0.5) is 0 Å². The molecule has 0 fully saturated rings. The molecule has 3 aromatic rings. The number of nitrogens with one attached hydrogen (secondary N) is 1. The van der Waals surface area contributed by atoms with E-state index in [0.717, 1.165) is 16.0 Å². The van der Waals surface area contributed by atoms with Crippen molar-refractivity contribution in [1.29, 1.82) is 0 Å². The molecule has 0 aliphatic heterocycles. The molecule has 0 aliphatic rings. The van der Waals surface area contributed by atoms with E-state index < -0.39 is 0 Å². The average molecular weight is 379 g/mol. The molecule has 0 saturated heterocycles. The summed E-state index contributed by atoms with van der Waals surface area (Å²) >= 11 is 1.52. The smallest absolute Gasteiger partial charge is 0.238 e. The Labute approximate surface area is 162 Å². The Kier molecular flexibility index (Phi) is 6.39. The maximum atomic E-state index is 12.8. The normalized spacial score (nSPS) is 11.7. The van der Waals surface area contributed by atoms with Gasteiger partial charge < -0.3 is 15.5 Å². The van der Waals surface area contributed by atoms with Gasteiger partial charge in [-0.15, -0.1) is 11.8 Å². The fourth-order valence-corrected chi connectivity index (χ4v) is 3.75. The van der Waals surface area contributed by atoms with E-state index in [9.17, 15) is 15.0 Å². The van der Waals surface area contributed by atoms with Gasteiger partial charge in [-0.05, 0) is 41.8 Å². The minimum absolute atomic E-state index is 0.0574. The van der Waals surface area contributed by atoms with Crippen molar-refractivity contribution in [3.8, 4) is 11.5 Å². The number of benzene rings is 3. The summed E-state index contributed by atoms with van der Waals surface area (Å²) in [7, 11) is 0. The summed E-state index contributed by atoms with van der Waals surface area (Å²) < 4.78 is 0. The first-order valence-electron chi connectivity index (χ1n) is 8.69. The number of carbonyl (C=O) groups excluding carboxylic acids is 1. The van der Waals surface area contributed by atoms with Crippen LogP contribution in [0.1, 0.15) is 16.4 Å². The van der Waals surface area contributed by atoms with Gasteiger partial charge in [0.05, 0.1) is 0 Å². The standard InChI is InChI=1S/C22H21NO3S/c24-19-12-11-16(15-20(19)25)13-14-23-22(26)21(17-7-3-1-4-8-17)27-18-9-5-2-6-10-18/h1-12,15,21,24-25H,13-14H2,(H,23,26)/t21-/m0/s1. The number of rotatable bonds is 7. The lowest BCUT2D eigenvalue weighted by Gasteiger charge is -2.17. The zero-order chi connectivity index (χ0) is 19.1. The molecule has 1 amide bonds. The lowest BCUT2D eigenvalue weighted by molar-refractivity contribution is -0.120. The topological polar surface area (TPSA) is 69.6 Å². The van der Waals surface area contributed by atoms with Crippen molar-refractivity contribution < 1.29 is 15.0 Å². The molecule has 3 N–H and O–H groups in total. The van der Waals surface area contributed by atoms with Gasteiger partial charge in [0.15, 0.2) is 11.5 Å². The molecule has 0 unspecified atom stereocenters. The predicted molar refractivity (Wildman–Crippen MR) is 108 cm³/mol. The Hall–Kier alpha value is -2.92. The van der Waals surface area contributed by atoms with Gasteiger partial charge in [-0.2, -0.15) is 0 Å². The molecular weight excluding hydrogens is 358 g/mol. The quantitative estimate of drug-likeness (QED) is 0.423. The molecule has 0 aromatic heterocycles. The SMILES string of the molecule is O=C(NCCc1ccc(O)c(O)c1)[C@@H](Sc1ccccc1)c1ccccc1. The minimum atomic E-state index is -0.346. The number of thioether (sulfide) groups is 1. The molecule has 0 bridgehead atoms. The van der Waals surface area contributed by atoms with E-state index in [0.29, 0.717) is 13.0 Å². The molecule has 138 valence electrons. The van der Waals surface area contributed by atoms with Gasteiger partial charge in [0.1, 0.15) is 5.25 Å². The van der Waals surface area contributed by atoms with E-state index in [-0.39, 0.29) is 22.7 Å². The maximum absolute atomic E-state index is 12.8. The summed E-state index contributed by atoms with van der Waals surface area (Å²) in [6.07, 6.45) is 0.567. The first-order valence-corrected chi connectivity index (χ1v) is 9.56. The molecule has 5 heteroatoms. The number of hydrogen-bond acceptors (Lipinski definition) is 4. The van der Waals surface area contributed by atoms with Crippen LogP contribution in [0.3, 0.4) is 0 Å². The largest absolute Gasteiger partial charge is 0.504 e. The Balaban J connectivity index is 1.66. The lowest BCUT2D eigenvalue weighted by atomic mass is 10.1. The van der Waals surface area contributed by atoms with Gasteiger partial charge in [0.25, 0.3) is 0 Å². The Morgan fingerprint density at radius 3 is 2.22 bits per heavy atom. The molecule has 27 heavy (non-hydrogen) atoms. The van der Waals surface area contributed by atoms with Gasteiger partial charge in [-0.25, -0.2) is 0 Å².